The molecule has 0 saturated carbocycles. The average Bonchev–Trinajstić information content (AvgIpc) is 2.75. The number of nitrogens with one attached hydrogen (secondary N) is 1. The van der Waals surface area contributed by atoms with Crippen LogP contribution in [0.2, 0.25) is 0 Å². The topological polar surface area (TPSA) is 25.2 Å². The van der Waals surface area contributed by atoms with Crippen LogP contribution in [0.4, 0.5) is 0 Å². The highest BCUT2D eigenvalue weighted by Gasteiger charge is 2.09. The monoisotopic (exact) mass is 329 g/mol. The molecule has 1 aromatic heterocycles. The lowest BCUT2D eigenvalue weighted by atomic mass is 10.1. The lowest BCUT2D eigenvalue weighted by molar-refractivity contribution is 0.565. The van der Waals surface area contributed by atoms with Crippen LogP contribution < -0.4 is 5.32 Å². The number of aryl methyl sites for hydroxylation is 1. The molecule has 3 aromatic rings. The fourth-order valence-electron chi connectivity index (χ4n) is 2.42. The second-order valence-corrected chi connectivity index (χ2v) is 5.78. The number of hydrogen-bond acceptors (Lipinski definition) is 2. The third-order valence-electron chi connectivity index (χ3n) is 3.42. The summed E-state index contributed by atoms with van der Waals surface area (Å²) in [5.74, 6) is 0.993. The van der Waals surface area contributed by atoms with E-state index < -0.39 is 0 Å². The Balaban J connectivity index is 1.73. The fraction of sp³-hybridized carbons (Fsp3) is 0.176. The number of fused-ring (bicyclic) bond motifs is 1. The Bertz CT molecular complexity index is 733. The molecule has 0 saturated heterocycles. The maximum atomic E-state index is 5.77. The van der Waals surface area contributed by atoms with Gasteiger partial charge in [-0.25, -0.2) is 0 Å². The third kappa shape index (κ3) is 2.79. The quantitative estimate of drug-likeness (QED) is 0.744. The van der Waals surface area contributed by atoms with E-state index in [2.05, 4.69) is 51.6 Å². The number of para-hydroxylation sites is 1. The van der Waals surface area contributed by atoms with Crippen molar-refractivity contribution in [1.82, 2.24) is 5.32 Å². The molecule has 20 heavy (non-hydrogen) atoms. The lowest BCUT2D eigenvalue weighted by Gasteiger charge is -2.05. The van der Waals surface area contributed by atoms with Crippen molar-refractivity contribution in [1.29, 1.82) is 0 Å². The van der Waals surface area contributed by atoms with Crippen LogP contribution in [0.25, 0.3) is 11.0 Å². The summed E-state index contributed by atoms with van der Waals surface area (Å²) in [7, 11) is 0. The van der Waals surface area contributed by atoms with Crippen molar-refractivity contribution in [3.05, 3.63) is 69.9 Å². The van der Waals surface area contributed by atoms with Crippen LogP contribution in [0.1, 0.15) is 16.9 Å². The highest BCUT2D eigenvalue weighted by molar-refractivity contribution is 9.10. The van der Waals surface area contributed by atoms with Crippen LogP contribution in [-0.2, 0) is 13.1 Å². The van der Waals surface area contributed by atoms with Crippen LogP contribution in [0, 0.1) is 6.92 Å². The van der Waals surface area contributed by atoms with Gasteiger partial charge in [0.1, 0.15) is 11.3 Å². The summed E-state index contributed by atoms with van der Waals surface area (Å²) < 4.78 is 6.89. The van der Waals surface area contributed by atoms with E-state index in [9.17, 15) is 0 Å². The largest absolute Gasteiger partial charge is 0.461 e. The van der Waals surface area contributed by atoms with Gasteiger partial charge in [0.15, 0.2) is 0 Å². The Morgan fingerprint density at radius 3 is 2.75 bits per heavy atom. The first-order valence-electron chi connectivity index (χ1n) is 6.66. The molecule has 0 amide bonds. The Morgan fingerprint density at radius 1 is 1.05 bits per heavy atom. The molecule has 0 bridgehead atoms. The fourth-order valence-corrected chi connectivity index (χ4v) is 2.87. The van der Waals surface area contributed by atoms with Crippen molar-refractivity contribution in [2.45, 2.75) is 20.0 Å². The van der Waals surface area contributed by atoms with Gasteiger partial charge >= 0.3 is 0 Å². The minimum Gasteiger partial charge on any atom is -0.461 e. The molecule has 0 fully saturated rings. The zero-order chi connectivity index (χ0) is 13.9. The smallest absolute Gasteiger partial charge is 0.134 e. The van der Waals surface area contributed by atoms with Gasteiger partial charge in [0, 0.05) is 28.5 Å². The Labute approximate surface area is 126 Å². The van der Waals surface area contributed by atoms with Gasteiger partial charge in [0.05, 0.1) is 0 Å². The molecule has 102 valence electrons. The standard InChI is InChI=1S/C17H16BrNO/c1-12-16(15-7-2-3-8-17(15)20-12)11-19-10-13-5-4-6-14(18)9-13/h2-9,19H,10-11H2,1H3. The third-order valence-corrected chi connectivity index (χ3v) is 3.91. The summed E-state index contributed by atoms with van der Waals surface area (Å²) in [6, 6.07) is 16.5. The second-order valence-electron chi connectivity index (χ2n) is 4.87. The summed E-state index contributed by atoms with van der Waals surface area (Å²) in [4.78, 5) is 0. The van der Waals surface area contributed by atoms with Gasteiger partial charge in [-0.3, -0.25) is 0 Å². The molecule has 0 atom stereocenters. The summed E-state index contributed by atoms with van der Waals surface area (Å²) in [6.45, 7) is 3.68. The number of furan rings is 1. The van der Waals surface area contributed by atoms with Gasteiger partial charge in [-0.2, -0.15) is 0 Å². The van der Waals surface area contributed by atoms with E-state index in [1.165, 1.54) is 16.5 Å². The minimum atomic E-state index is 0.815. The Kier molecular flexibility index (Phi) is 3.90. The zero-order valence-corrected chi connectivity index (χ0v) is 12.9. The van der Waals surface area contributed by atoms with Crippen LogP contribution in [0.3, 0.4) is 0 Å². The highest BCUT2D eigenvalue weighted by Crippen LogP contribution is 2.25. The van der Waals surface area contributed by atoms with Crippen molar-refractivity contribution in [3.8, 4) is 0 Å². The summed E-state index contributed by atoms with van der Waals surface area (Å²) in [5.41, 5.74) is 3.48. The molecule has 3 heteroatoms. The first-order chi connectivity index (χ1) is 9.74. The van der Waals surface area contributed by atoms with Gasteiger partial charge in [-0.1, -0.05) is 46.3 Å². The molecule has 1 N–H and O–H groups in total. The van der Waals surface area contributed by atoms with Crippen molar-refractivity contribution in [2.24, 2.45) is 0 Å². The molecule has 0 unspecified atom stereocenters. The molecule has 2 nitrogen and oxygen atoms in total. The SMILES string of the molecule is Cc1oc2ccccc2c1CNCc1cccc(Br)c1. The van der Waals surface area contributed by atoms with Gasteiger partial charge in [0.25, 0.3) is 0 Å². The van der Waals surface area contributed by atoms with Crippen LogP contribution in [-0.4, -0.2) is 0 Å². The van der Waals surface area contributed by atoms with E-state index in [0.717, 1.165) is 28.9 Å². The molecular formula is C17H16BrNO. The zero-order valence-electron chi connectivity index (χ0n) is 11.3. The van der Waals surface area contributed by atoms with Gasteiger partial charge in [-0.05, 0) is 30.7 Å². The molecule has 0 aliphatic rings. The number of halogens is 1. The molecular weight excluding hydrogens is 314 g/mol. The second kappa shape index (κ2) is 5.81. The predicted octanol–water partition coefficient (Wildman–Crippen LogP) is 4.79. The van der Waals surface area contributed by atoms with Crippen molar-refractivity contribution >= 4 is 26.9 Å². The van der Waals surface area contributed by atoms with Crippen LogP contribution >= 0.6 is 15.9 Å². The first kappa shape index (κ1) is 13.4. The molecule has 1 heterocycles. The normalized spacial score (nSPS) is 11.1. The molecule has 0 aliphatic heterocycles. The van der Waals surface area contributed by atoms with Crippen molar-refractivity contribution in [3.63, 3.8) is 0 Å². The van der Waals surface area contributed by atoms with E-state index in [1.54, 1.807) is 0 Å². The van der Waals surface area contributed by atoms with Gasteiger partial charge < -0.3 is 9.73 Å². The van der Waals surface area contributed by atoms with E-state index in [1.807, 2.05) is 25.1 Å². The highest BCUT2D eigenvalue weighted by atomic mass is 79.9. The molecule has 2 aromatic carbocycles. The number of rotatable bonds is 4. The summed E-state index contributed by atoms with van der Waals surface area (Å²) in [5, 5.41) is 4.68. The summed E-state index contributed by atoms with van der Waals surface area (Å²) >= 11 is 3.49. The average molecular weight is 330 g/mol. The van der Waals surface area contributed by atoms with E-state index in [4.69, 9.17) is 4.42 Å². The molecule has 0 radical (unpaired) electrons. The molecule has 0 aliphatic carbocycles. The van der Waals surface area contributed by atoms with Crippen LogP contribution in [0.5, 0.6) is 0 Å². The Hall–Kier alpha value is -1.58. The van der Waals surface area contributed by atoms with E-state index >= 15 is 0 Å². The minimum absolute atomic E-state index is 0.815. The van der Waals surface area contributed by atoms with E-state index in [0.29, 0.717) is 0 Å². The Morgan fingerprint density at radius 2 is 1.90 bits per heavy atom. The molecule has 0 spiro atoms. The number of benzene rings is 2. The van der Waals surface area contributed by atoms with Gasteiger partial charge in [0.2, 0.25) is 0 Å². The van der Waals surface area contributed by atoms with Gasteiger partial charge in [-0.15, -0.1) is 0 Å². The van der Waals surface area contributed by atoms with E-state index in [-0.39, 0.29) is 0 Å². The maximum absolute atomic E-state index is 5.77. The van der Waals surface area contributed by atoms with Crippen molar-refractivity contribution < 1.29 is 4.42 Å². The summed E-state index contributed by atoms with van der Waals surface area (Å²) in [6.07, 6.45) is 0. The van der Waals surface area contributed by atoms with Crippen molar-refractivity contribution in [2.75, 3.05) is 0 Å². The predicted molar refractivity (Wildman–Crippen MR) is 85.6 cm³/mol. The molecule has 3 rings (SSSR count). The maximum Gasteiger partial charge on any atom is 0.134 e. The van der Waals surface area contributed by atoms with Crippen LogP contribution in [0.15, 0.2) is 57.4 Å². The number of hydrogen-bond donors (Lipinski definition) is 1. The first-order valence-corrected chi connectivity index (χ1v) is 7.45. The lowest BCUT2D eigenvalue weighted by Crippen LogP contribution is -2.12.